The Morgan fingerprint density at radius 1 is 1.17 bits per heavy atom. The summed E-state index contributed by atoms with van der Waals surface area (Å²) in [4.78, 5) is 33.9. The van der Waals surface area contributed by atoms with Gasteiger partial charge in [-0.15, -0.1) is 11.3 Å². The minimum atomic E-state index is -0.369. The number of carbonyl (C=O) groups is 2. The Kier molecular flexibility index (Phi) is 8.28. The molecule has 1 saturated heterocycles. The molecule has 0 radical (unpaired) electrons. The van der Waals surface area contributed by atoms with Crippen molar-refractivity contribution in [2.75, 3.05) is 45.1 Å². The van der Waals surface area contributed by atoms with Gasteiger partial charge in [-0.2, -0.15) is 0 Å². The molecule has 2 aromatic rings. The van der Waals surface area contributed by atoms with E-state index in [1.807, 2.05) is 36.2 Å². The summed E-state index contributed by atoms with van der Waals surface area (Å²) < 4.78 is 3.04. The van der Waals surface area contributed by atoms with E-state index in [0.29, 0.717) is 18.8 Å². The number of rotatable bonds is 6. The van der Waals surface area contributed by atoms with Crippen LogP contribution in [-0.2, 0) is 22.8 Å². The SMILES string of the molecule is CN=c1scc(CN2CCN(C(=O)CNC(=O)Nc3ccc(CI)cc3)CC2)n1C. The van der Waals surface area contributed by atoms with Gasteiger partial charge >= 0.3 is 6.03 Å². The average Bonchev–Trinajstić information content (AvgIpc) is 3.12. The van der Waals surface area contributed by atoms with E-state index in [0.717, 1.165) is 28.9 Å². The zero-order valence-electron chi connectivity index (χ0n) is 17.2. The first kappa shape index (κ1) is 22.8. The molecular weight excluding hydrogens is 515 g/mol. The standard InChI is InChI=1S/C20H27IN6O2S/c1-22-20-25(2)17(14-30-20)13-26-7-9-27(10-8-26)18(28)12-23-19(29)24-16-5-3-15(11-21)4-6-16/h3-6,14H,7-13H2,1-2H3,(H2,23,24,29). The second-order valence-electron chi connectivity index (χ2n) is 7.09. The minimum Gasteiger partial charge on any atom is -0.339 e. The number of halogens is 1. The quantitative estimate of drug-likeness (QED) is 0.433. The predicted molar refractivity (Wildman–Crippen MR) is 128 cm³/mol. The van der Waals surface area contributed by atoms with Crippen LogP contribution in [-0.4, -0.2) is 66.1 Å². The molecule has 0 aliphatic carbocycles. The van der Waals surface area contributed by atoms with E-state index in [-0.39, 0.29) is 18.5 Å². The van der Waals surface area contributed by atoms with Crippen LogP contribution in [0.3, 0.4) is 0 Å². The fourth-order valence-corrected chi connectivity index (χ4v) is 4.62. The third-order valence-corrected chi connectivity index (χ3v) is 7.02. The molecule has 0 spiro atoms. The van der Waals surface area contributed by atoms with E-state index < -0.39 is 0 Å². The third kappa shape index (κ3) is 6.05. The maximum atomic E-state index is 12.4. The third-order valence-electron chi connectivity index (χ3n) is 5.09. The molecule has 1 aromatic carbocycles. The van der Waals surface area contributed by atoms with E-state index in [4.69, 9.17) is 0 Å². The highest BCUT2D eigenvalue weighted by molar-refractivity contribution is 14.1. The number of urea groups is 1. The zero-order chi connectivity index (χ0) is 21.5. The number of hydrogen-bond donors (Lipinski definition) is 2. The molecule has 2 heterocycles. The maximum absolute atomic E-state index is 12.4. The first-order valence-electron chi connectivity index (χ1n) is 9.76. The zero-order valence-corrected chi connectivity index (χ0v) is 20.2. The van der Waals surface area contributed by atoms with Gasteiger partial charge in [0.25, 0.3) is 0 Å². The predicted octanol–water partition coefficient (Wildman–Crippen LogP) is 2.02. The van der Waals surface area contributed by atoms with Crippen LogP contribution in [0.15, 0.2) is 34.6 Å². The summed E-state index contributed by atoms with van der Waals surface area (Å²) >= 11 is 3.93. The summed E-state index contributed by atoms with van der Waals surface area (Å²) in [6.45, 7) is 3.81. The monoisotopic (exact) mass is 542 g/mol. The van der Waals surface area contributed by atoms with Gasteiger partial charge in [-0.05, 0) is 17.7 Å². The average molecular weight is 542 g/mol. The number of anilines is 1. The molecule has 3 rings (SSSR count). The number of amides is 3. The Bertz CT molecular complexity index is 932. The van der Waals surface area contributed by atoms with Gasteiger partial charge in [0.05, 0.1) is 6.54 Å². The fourth-order valence-electron chi connectivity index (χ4n) is 3.25. The number of hydrogen-bond acceptors (Lipinski definition) is 5. The molecule has 3 amide bonds. The van der Waals surface area contributed by atoms with Crippen molar-refractivity contribution in [2.45, 2.75) is 11.0 Å². The molecule has 1 aliphatic heterocycles. The van der Waals surface area contributed by atoms with Crippen LogP contribution in [0.1, 0.15) is 11.3 Å². The van der Waals surface area contributed by atoms with Crippen LogP contribution < -0.4 is 15.4 Å². The minimum absolute atomic E-state index is 0.00147. The topological polar surface area (TPSA) is 82.0 Å². The first-order chi connectivity index (χ1) is 14.5. The van der Waals surface area contributed by atoms with E-state index in [1.165, 1.54) is 11.3 Å². The van der Waals surface area contributed by atoms with Crippen molar-refractivity contribution in [3.63, 3.8) is 0 Å². The lowest BCUT2D eigenvalue weighted by atomic mass is 10.2. The molecule has 0 saturated carbocycles. The Morgan fingerprint density at radius 2 is 1.87 bits per heavy atom. The summed E-state index contributed by atoms with van der Waals surface area (Å²) in [6, 6.07) is 7.30. The van der Waals surface area contributed by atoms with Gasteiger partial charge in [0.2, 0.25) is 5.91 Å². The van der Waals surface area contributed by atoms with Gasteiger partial charge in [0, 0.05) is 68.0 Å². The number of alkyl halides is 1. The largest absolute Gasteiger partial charge is 0.339 e. The van der Waals surface area contributed by atoms with E-state index >= 15 is 0 Å². The highest BCUT2D eigenvalue weighted by Gasteiger charge is 2.22. The van der Waals surface area contributed by atoms with Crippen LogP contribution in [0.5, 0.6) is 0 Å². The lowest BCUT2D eigenvalue weighted by Gasteiger charge is -2.34. The number of nitrogens with zero attached hydrogens (tertiary/aromatic N) is 4. The highest BCUT2D eigenvalue weighted by Crippen LogP contribution is 2.12. The van der Waals surface area contributed by atoms with Crippen molar-refractivity contribution < 1.29 is 9.59 Å². The molecule has 8 nitrogen and oxygen atoms in total. The summed E-state index contributed by atoms with van der Waals surface area (Å²) in [5.74, 6) is -0.0572. The smallest absolute Gasteiger partial charge is 0.319 e. The van der Waals surface area contributed by atoms with Crippen molar-refractivity contribution >= 4 is 51.6 Å². The molecule has 1 aliphatic rings. The lowest BCUT2D eigenvalue weighted by molar-refractivity contribution is -0.131. The number of carbonyl (C=O) groups excluding carboxylic acids is 2. The second kappa shape index (κ2) is 10.9. The number of thiazole rings is 1. The summed E-state index contributed by atoms with van der Waals surface area (Å²) in [5.41, 5.74) is 3.14. The van der Waals surface area contributed by atoms with E-state index in [9.17, 15) is 9.59 Å². The second-order valence-corrected chi connectivity index (χ2v) is 8.69. The molecule has 1 fully saturated rings. The van der Waals surface area contributed by atoms with Crippen molar-refractivity contribution in [1.82, 2.24) is 19.7 Å². The molecule has 10 heteroatoms. The number of nitrogens with one attached hydrogen (secondary N) is 2. The highest BCUT2D eigenvalue weighted by atomic mass is 127. The van der Waals surface area contributed by atoms with Crippen LogP contribution in [0.25, 0.3) is 0 Å². The van der Waals surface area contributed by atoms with Crippen LogP contribution >= 0.6 is 33.9 Å². The molecule has 1 aromatic heterocycles. The molecule has 0 bridgehead atoms. The van der Waals surface area contributed by atoms with Gasteiger partial charge in [-0.3, -0.25) is 14.7 Å². The van der Waals surface area contributed by atoms with Crippen molar-refractivity contribution in [2.24, 2.45) is 12.0 Å². The maximum Gasteiger partial charge on any atom is 0.319 e. The van der Waals surface area contributed by atoms with Crippen molar-refractivity contribution in [3.8, 4) is 0 Å². The summed E-state index contributed by atoms with van der Waals surface area (Å²) in [6.07, 6.45) is 0. The number of benzene rings is 1. The number of piperazine rings is 1. The van der Waals surface area contributed by atoms with Gasteiger partial charge < -0.3 is 20.1 Å². The van der Waals surface area contributed by atoms with Crippen LogP contribution in [0.2, 0.25) is 0 Å². The molecule has 162 valence electrons. The number of aromatic nitrogens is 1. The van der Waals surface area contributed by atoms with Crippen molar-refractivity contribution in [1.29, 1.82) is 0 Å². The van der Waals surface area contributed by atoms with Gasteiger partial charge in [0.15, 0.2) is 4.80 Å². The van der Waals surface area contributed by atoms with Crippen LogP contribution in [0, 0.1) is 0 Å². The Labute approximate surface area is 194 Å². The molecule has 0 atom stereocenters. The summed E-state index contributed by atoms with van der Waals surface area (Å²) in [5, 5.41) is 7.55. The van der Waals surface area contributed by atoms with Gasteiger partial charge in [0.1, 0.15) is 0 Å². The van der Waals surface area contributed by atoms with Gasteiger partial charge in [-0.25, -0.2) is 4.79 Å². The Hall–Kier alpha value is -1.92. The molecule has 2 N–H and O–H groups in total. The molecular formula is C20H27IN6O2S. The van der Waals surface area contributed by atoms with E-state index in [1.54, 1.807) is 18.4 Å². The summed E-state index contributed by atoms with van der Waals surface area (Å²) in [7, 11) is 3.83. The Morgan fingerprint density at radius 3 is 2.47 bits per heavy atom. The lowest BCUT2D eigenvalue weighted by Crippen LogP contribution is -2.51. The fraction of sp³-hybridized carbons (Fsp3) is 0.450. The van der Waals surface area contributed by atoms with Crippen molar-refractivity contribution in [3.05, 3.63) is 45.7 Å². The molecule has 30 heavy (non-hydrogen) atoms. The first-order valence-corrected chi connectivity index (χ1v) is 12.2. The Balaban J connectivity index is 1.40. The normalized spacial score (nSPS) is 15.3. The van der Waals surface area contributed by atoms with Crippen LogP contribution in [0.4, 0.5) is 10.5 Å². The molecule has 0 unspecified atom stereocenters. The van der Waals surface area contributed by atoms with Gasteiger partial charge in [-0.1, -0.05) is 34.7 Å². The van der Waals surface area contributed by atoms with E-state index in [2.05, 4.69) is 53.1 Å².